The molecule has 0 bridgehead atoms. The first-order valence-corrected chi connectivity index (χ1v) is 6.16. The molecule has 0 saturated carbocycles. The quantitative estimate of drug-likeness (QED) is 0.737. The Balaban J connectivity index is 2.60. The van der Waals surface area contributed by atoms with E-state index in [2.05, 4.69) is 54.7 Å². The molecule has 3 radical (unpaired) electrons. The van der Waals surface area contributed by atoms with Crippen molar-refractivity contribution in [2.75, 3.05) is 0 Å². The fraction of sp³-hybridized carbons (Fsp3) is 0.200. The highest BCUT2D eigenvalue weighted by atomic mass is 28.2. The molecule has 2 aromatic rings. The second-order valence-corrected chi connectivity index (χ2v) is 4.54. The van der Waals surface area contributed by atoms with Crippen LogP contribution in [0.2, 0.25) is 0 Å². The molecule has 2 aromatic carbocycles. The summed E-state index contributed by atoms with van der Waals surface area (Å²) < 4.78 is 5.24. The van der Waals surface area contributed by atoms with Gasteiger partial charge in [0, 0.05) is 5.56 Å². The van der Waals surface area contributed by atoms with Gasteiger partial charge in [-0.15, -0.1) is 0 Å². The van der Waals surface area contributed by atoms with E-state index >= 15 is 0 Å². The van der Waals surface area contributed by atoms with Crippen molar-refractivity contribution >= 4 is 10.5 Å². The molecule has 0 aliphatic heterocycles. The topological polar surface area (TPSA) is 9.23 Å². The fourth-order valence-corrected chi connectivity index (χ4v) is 2.20. The minimum Gasteiger partial charge on any atom is -0.540 e. The van der Waals surface area contributed by atoms with Gasteiger partial charge in [0.15, 0.2) is 0 Å². The Hall–Kier alpha value is -1.54. The van der Waals surface area contributed by atoms with Crippen molar-refractivity contribution in [3.63, 3.8) is 0 Å². The van der Waals surface area contributed by atoms with Crippen LogP contribution in [0.3, 0.4) is 0 Å². The molecule has 0 aromatic heterocycles. The minimum absolute atomic E-state index is 0.494. The molecule has 0 spiro atoms. The highest BCUT2D eigenvalue weighted by Gasteiger charge is 2.10. The van der Waals surface area contributed by atoms with E-state index in [-0.39, 0.29) is 0 Å². The van der Waals surface area contributed by atoms with Crippen LogP contribution in [-0.4, -0.2) is 10.5 Å². The van der Waals surface area contributed by atoms with Gasteiger partial charge in [0.2, 0.25) is 0 Å². The third-order valence-corrected chi connectivity index (χ3v) is 3.09. The first kappa shape index (κ1) is 11.9. The van der Waals surface area contributed by atoms with Gasteiger partial charge in [-0.1, -0.05) is 56.3 Å². The predicted octanol–water partition coefficient (Wildman–Crippen LogP) is 3.94. The maximum Gasteiger partial charge on any atom is 0.341 e. The highest BCUT2D eigenvalue weighted by Crippen LogP contribution is 2.34. The SMILES string of the molecule is CC(C)c1ccccc1-c1ccccc1O[Si]. The zero-order valence-electron chi connectivity index (χ0n) is 10.1. The lowest BCUT2D eigenvalue weighted by molar-refractivity contribution is 0.618. The molecule has 0 heterocycles. The summed E-state index contributed by atoms with van der Waals surface area (Å²) in [6.07, 6.45) is 0. The van der Waals surface area contributed by atoms with Crippen molar-refractivity contribution in [3.05, 3.63) is 54.1 Å². The number of hydrogen-bond acceptors (Lipinski definition) is 1. The lowest BCUT2D eigenvalue weighted by Crippen LogP contribution is -1.94. The molecular weight excluding hydrogens is 224 g/mol. The Morgan fingerprint density at radius 2 is 1.47 bits per heavy atom. The zero-order chi connectivity index (χ0) is 12.3. The summed E-state index contributed by atoms with van der Waals surface area (Å²) in [6.45, 7) is 4.41. The summed E-state index contributed by atoms with van der Waals surface area (Å²) in [5.74, 6) is 1.34. The van der Waals surface area contributed by atoms with Crippen LogP contribution in [0.25, 0.3) is 11.1 Å². The van der Waals surface area contributed by atoms with E-state index in [0.717, 1.165) is 11.3 Å². The second kappa shape index (κ2) is 5.19. The van der Waals surface area contributed by atoms with Crippen LogP contribution in [0.4, 0.5) is 0 Å². The molecule has 2 rings (SSSR count). The first-order valence-electron chi connectivity index (χ1n) is 5.76. The third-order valence-electron chi connectivity index (χ3n) is 2.87. The van der Waals surface area contributed by atoms with E-state index in [0.29, 0.717) is 5.92 Å². The molecule has 17 heavy (non-hydrogen) atoms. The molecule has 0 unspecified atom stereocenters. The summed E-state index contributed by atoms with van der Waals surface area (Å²) in [6, 6.07) is 16.5. The maximum absolute atomic E-state index is 5.24. The smallest absolute Gasteiger partial charge is 0.341 e. The Bertz CT molecular complexity index is 506. The van der Waals surface area contributed by atoms with Crippen LogP contribution < -0.4 is 4.43 Å². The van der Waals surface area contributed by atoms with Crippen molar-refractivity contribution in [1.82, 2.24) is 0 Å². The number of benzene rings is 2. The first-order chi connectivity index (χ1) is 8.24. The molecule has 0 aliphatic rings. The lowest BCUT2D eigenvalue weighted by atomic mass is 9.92. The number of hydrogen-bond donors (Lipinski definition) is 0. The van der Waals surface area contributed by atoms with Gasteiger partial charge in [0.05, 0.1) is 0 Å². The molecule has 0 amide bonds. The zero-order valence-corrected chi connectivity index (χ0v) is 11.1. The van der Waals surface area contributed by atoms with Gasteiger partial charge < -0.3 is 4.43 Å². The number of rotatable bonds is 3. The van der Waals surface area contributed by atoms with E-state index in [1.807, 2.05) is 18.2 Å². The average molecular weight is 239 g/mol. The lowest BCUT2D eigenvalue weighted by Gasteiger charge is -2.15. The highest BCUT2D eigenvalue weighted by molar-refractivity contribution is 6.00. The Kier molecular flexibility index (Phi) is 3.64. The Morgan fingerprint density at radius 1 is 0.882 bits per heavy atom. The minimum atomic E-state index is 0.494. The largest absolute Gasteiger partial charge is 0.540 e. The summed E-state index contributed by atoms with van der Waals surface area (Å²) in [5, 5.41) is 0. The van der Waals surface area contributed by atoms with Crippen LogP contribution in [0.1, 0.15) is 25.3 Å². The molecule has 2 heteroatoms. The molecule has 0 aliphatic carbocycles. The van der Waals surface area contributed by atoms with Gasteiger partial charge in [-0.05, 0) is 23.1 Å². The molecule has 85 valence electrons. The van der Waals surface area contributed by atoms with Crippen LogP contribution in [0, 0.1) is 0 Å². The predicted molar refractivity (Wildman–Crippen MR) is 72.3 cm³/mol. The van der Waals surface area contributed by atoms with Gasteiger partial charge in [0.25, 0.3) is 0 Å². The Morgan fingerprint density at radius 3 is 2.12 bits per heavy atom. The molecule has 0 saturated heterocycles. The molecular formula is C15H15OSi. The van der Waals surface area contributed by atoms with Crippen LogP contribution in [0.5, 0.6) is 5.75 Å². The maximum atomic E-state index is 5.24. The summed E-state index contributed by atoms with van der Waals surface area (Å²) in [5.41, 5.74) is 3.69. The summed E-state index contributed by atoms with van der Waals surface area (Å²) in [4.78, 5) is 0. The van der Waals surface area contributed by atoms with Gasteiger partial charge in [-0.3, -0.25) is 0 Å². The van der Waals surface area contributed by atoms with Crippen molar-refractivity contribution < 1.29 is 4.43 Å². The summed E-state index contributed by atoms with van der Waals surface area (Å²) >= 11 is 0. The Labute approximate surface area is 106 Å². The van der Waals surface area contributed by atoms with Crippen LogP contribution >= 0.6 is 0 Å². The molecule has 1 nitrogen and oxygen atoms in total. The van der Waals surface area contributed by atoms with Crippen molar-refractivity contribution in [2.24, 2.45) is 0 Å². The van der Waals surface area contributed by atoms with E-state index in [9.17, 15) is 0 Å². The van der Waals surface area contributed by atoms with E-state index in [4.69, 9.17) is 4.43 Å². The van der Waals surface area contributed by atoms with Gasteiger partial charge in [0.1, 0.15) is 5.75 Å². The van der Waals surface area contributed by atoms with Gasteiger partial charge >= 0.3 is 10.5 Å². The fourth-order valence-electron chi connectivity index (χ4n) is 2.02. The number of para-hydroxylation sites is 1. The van der Waals surface area contributed by atoms with Crippen LogP contribution in [-0.2, 0) is 0 Å². The van der Waals surface area contributed by atoms with E-state index < -0.39 is 0 Å². The van der Waals surface area contributed by atoms with E-state index in [1.165, 1.54) is 11.1 Å². The van der Waals surface area contributed by atoms with Crippen molar-refractivity contribution in [2.45, 2.75) is 19.8 Å². The monoisotopic (exact) mass is 239 g/mol. The molecule has 0 atom stereocenters. The summed E-state index contributed by atoms with van der Waals surface area (Å²) in [7, 11) is 3.12. The van der Waals surface area contributed by atoms with Gasteiger partial charge in [-0.2, -0.15) is 0 Å². The van der Waals surface area contributed by atoms with E-state index in [1.54, 1.807) is 0 Å². The average Bonchev–Trinajstić information content (AvgIpc) is 2.38. The normalized spacial score (nSPS) is 10.6. The molecule has 0 fully saturated rings. The standard InChI is InChI=1S/C15H15OSi/c1-11(2)12-7-3-4-8-13(12)14-9-5-6-10-15(14)16-17/h3-11H,1-2H3. The van der Waals surface area contributed by atoms with Crippen molar-refractivity contribution in [3.8, 4) is 16.9 Å². The van der Waals surface area contributed by atoms with Crippen LogP contribution in [0.15, 0.2) is 48.5 Å². The molecule has 0 N–H and O–H groups in total. The van der Waals surface area contributed by atoms with Crippen molar-refractivity contribution in [1.29, 1.82) is 0 Å². The third kappa shape index (κ3) is 2.42. The second-order valence-electron chi connectivity index (χ2n) is 4.34. The van der Waals surface area contributed by atoms with Gasteiger partial charge in [-0.25, -0.2) is 0 Å².